The predicted molar refractivity (Wildman–Crippen MR) is 130 cm³/mol. The van der Waals surface area contributed by atoms with Crippen LogP contribution < -0.4 is 5.32 Å². The van der Waals surface area contributed by atoms with Gasteiger partial charge in [0.2, 0.25) is 0 Å². The van der Waals surface area contributed by atoms with Crippen LogP contribution in [0.3, 0.4) is 0 Å². The molecule has 2 amide bonds. The van der Waals surface area contributed by atoms with Crippen molar-refractivity contribution in [3.05, 3.63) is 42.5 Å². The Kier molecular flexibility index (Phi) is 4.54. The molecule has 0 aliphatic carbocycles. The van der Waals surface area contributed by atoms with E-state index in [-0.39, 0.29) is 17.5 Å². The molecule has 3 aliphatic rings. The van der Waals surface area contributed by atoms with E-state index in [0.29, 0.717) is 19.8 Å². The molecule has 0 saturated carbocycles. The van der Waals surface area contributed by atoms with Gasteiger partial charge in [-0.3, -0.25) is 9.36 Å². The third-order valence-corrected chi connectivity index (χ3v) is 7.83. The lowest BCUT2D eigenvalue weighted by Crippen LogP contribution is -2.40. The molecular formula is C25H28N8O2. The highest BCUT2D eigenvalue weighted by Crippen LogP contribution is 2.44. The maximum absolute atomic E-state index is 12.4. The second-order valence-corrected chi connectivity index (χ2v) is 9.85. The van der Waals surface area contributed by atoms with E-state index in [2.05, 4.69) is 32.2 Å². The van der Waals surface area contributed by atoms with Crippen molar-refractivity contribution >= 4 is 17.1 Å². The van der Waals surface area contributed by atoms with E-state index in [1.54, 1.807) is 0 Å². The molecule has 2 saturated heterocycles. The molecule has 0 bridgehead atoms. The van der Waals surface area contributed by atoms with Crippen molar-refractivity contribution in [2.24, 2.45) is 0 Å². The van der Waals surface area contributed by atoms with Crippen LogP contribution in [0.25, 0.3) is 33.5 Å². The minimum absolute atomic E-state index is 0.00947. The van der Waals surface area contributed by atoms with Crippen molar-refractivity contribution in [3.8, 4) is 22.5 Å². The van der Waals surface area contributed by atoms with Gasteiger partial charge in [0.05, 0.1) is 30.6 Å². The fourth-order valence-electron chi connectivity index (χ4n) is 5.86. The Morgan fingerprint density at radius 1 is 1.29 bits per heavy atom. The normalized spacial score (nSPS) is 21.7. The van der Waals surface area contributed by atoms with Crippen molar-refractivity contribution in [2.45, 2.75) is 37.8 Å². The van der Waals surface area contributed by atoms with Crippen molar-refractivity contribution in [2.75, 3.05) is 32.8 Å². The minimum atomic E-state index is -0.00947. The van der Waals surface area contributed by atoms with Crippen molar-refractivity contribution in [1.82, 2.24) is 39.7 Å². The molecule has 35 heavy (non-hydrogen) atoms. The second-order valence-electron chi connectivity index (χ2n) is 9.85. The summed E-state index contributed by atoms with van der Waals surface area (Å²) in [4.78, 5) is 22.4. The van der Waals surface area contributed by atoms with E-state index in [1.165, 1.54) is 5.69 Å². The van der Waals surface area contributed by atoms with Crippen LogP contribution in [0.15, 0.2) is 36.8 Å². The first-order chi connectivity index (χ1) is 17.1. The molecule has 2 N–H and O–H groups in total. The zero-order valence-corrected chi connectivity index (χ0v) is 19.7. The van der Waals surface area contributed by atoms with Crippen LogP contribution in [-0.2, 0) is 16.7 Å². The summed E-state index contributed by atoms with van der Waals surface area (Å²) in [7, 11) is 0. The zero-order valence-electron chi connectivity index (χ0n) is 19.7. The number of aryl methyl sites for hydroxylation is 1. The molecule has 2 fully saturated rings. The lowest BCUT2D eigenvalue weighted by molar-refractivity contribution is -0.0278. The van der Waals surface area contributed by atoms with E-state index in [0.717, 1.165) is 66.0 Å². The van der Waals surface area contributed by atoms with Gasteiger partial charge in [-0.15, -0.1) is 0 Å². The van der Waals surface area contributed by atoms with Gasteiger partial charge in [0.1, 0.15) is 5.65 Å². The van der Waals surface area contributed by atoms with Gasteiger partial charge in [-0.25, -0.2) is 9.78 Å². The highest BCUT2D eigenvalue weighted by Gasteiger charge is 2.46. The number of pyridine rings is 1. The van der Waals surface area contributed by atoms with E-state index in [9.17, 15) is 4.79 Å². The Balaban J connectivity index is 1.22. The first-order valence-electron chi connectivity index (χ1n) is 12.4. The smallest absolute Gasteiger partial charge is 0.317 e. The third kappa shape index (κ3) is 3.12. The van der Waals surface area contributed by atoms with Gasteiger partial charge >= 0.3 is 6.03 Å². The zero-order chi connectivity index (χ0) is 23.6. The highest BCUT2D eigenvalue weighted by atomic mass is 16.5. The largest absolute Gasteiger partial charge is 0.377 e. The number of urea groups is 1. The fraction of sp³-hybridized carbons (Fsp3) is 0.440. The number of carbonyl (C=O) groups is 1. The lowest BCUT2D eigenvalue weighted by atomic mass is 9.82. The summed E-state index contributed by atoms with van der Waals surface area (Å²) in [5.74, 6) is 0. The Morgan fingerprint density at radius 2 is 2.17 bits per heavy atom. The first kappa shape index (κ1) is 20.7. The Bertz CT molecular complexity index is 1430. The summed E-state index contributed by atoms with van der Waals surface area (Å²) in [5.41, 5.74) is 6.13. The molecule has 1 atom stereocenters. The number of likely N-dealkylation sites (tertiary alicyclic amines) is 1. The maximum Gasteiger partial charge on any atom is 0.317 e. The van der Waals surface area contributed by atoms with Crippen molar-refractivity contribution in [1.29, 1.82) is 0 Å². The van der Waals surface area contributed by atoms with Gasteiger partial charge in [0.25, 0.3) is 0 Å². The summed E-state index contributed by atoms with van der Waals surface area (Å²) >= 11 is 0. The standard InChI is InChI=1S/C25H28N8O2/c1-2-26-24(34)31-7-4-25(15-31)5-8-32-22(25)10-20(30-32)16-9-18-19(12-28-23(18)27-11-16)21-3-6-29-33(21)17-13-35-14-17/h3,6,9-12,17H,2,4-5,7-8,13-15H2,1H3,(H,26,34)(H,27,28). The number of nitrogens with one attached hydrogen (secondary N) is 2. The SMILES string of the molecule is CCNC(=O)N1CCC2(CCn3nc(-c4cnc5[nH]cc(-c6ccnn6C6COC6)c5c4)cc32)C1. The van der Waals surface area contributed by atoms with Gasteiger partial charge in [0.15, 0.2) is 0 Å². The predicted octanol–water partition coefficient (Wildman–Crippen LogP) is 2.94. The average Bonchev–Trinajstić information content (AvgIpc) is 3.63. The van der Waals surface area contributed by atoms with Gasteiger partial charge in [-0.1, -0.05) is 0 Å². The van der Waals surface area contributed by atoms with Crippen LogP contribution in [0.5, 0.6) is 0 Å². The molecule has 1 unspecified atom stereocenters. The quantitative estimate of drug-likeness (QED) is 0.475. The van der Waals surface area contributed by atoms with Crippen LogP contribution in [0.2, 0.25) is 0 Å². The average molecular weight is 473 g/mol. The summed E-state index contributed by atoms with van der Waals surface area (Å²) in [6.45, 7) is 6.41. The number of ether oxygens (including phenoxy) is 1. The van der Waals surface area contributed by atoms with Crippen molar-refractivity contribution in [3.63, 3.8) is 0 Å². The molecule has 7 heterocycles. The molecular weight excluding hydrogens is 444 g/mol. The Morgan fingerprint density at radius 3 is 3.00 bits per heavy atom. The van der Waals surface area contributed by atoms with E-state index in [1.807, 2.05) is 41.2 Å². The number of hydrogen-bond donors (Lipinski definition) is 2. The molecule has 7 rings (SSSR count). The van der Waals surface area contributed by atoms with Crippen LogP contribution in [0, 0.1) is 0 Å². The van der Waals surface area contributed by atoms with E-state index < -0.39 is 0 Å². The number of aromatic nitrogens is 6. The number of amides is 2. The number of aromatic amines is 1. The number of carbonyl (C=O) groups excluding carboxylic acids is 1. The van der Waals surface area contributed by atoms with Gasteiger partial charge in [-0.2, -0.15) is 10.2 Å². The molecule has 0 radical (unpaired) electrons. The number of hydrogen-bond acceptors (Lipinski definition) is 5. The van der Waals surface area contributed by atoms with Crippen LogP contribution in [-0.4, -0.2) is 73.3 Å². The van der Waals surface area contributed by atoms with Gasteiger partial charge < -0.3 is 19.9 Å². The number of nitrogens with zero attached hydrogens (tertiary/aromatic N) is 6. The first-order valence-corrected chi connectivity index (χ1v) is 12.4. The van der Waals surface area contributed by atoms with Crippen LogP contribution >= 0.6 is 0 Å². The van der Waals surface area contributed by atoms with Crippen LogP contribution in [0.4, 0.5) is 4.79 Å². The monoisotopic (exact) mass is 472 g/mol. The number of fused-ring (bicyclic) bond motifs is 3. The molecule has 0 aromatic carbocycles. The van der Waals surface area contributed by atoms with E-state index >= 15 is 0 Å². The molecule has 10 heteroatoms. The molecule has 180 valence electrons. The van der Waals surface area contributed by atoms with Crippen LogP contribution in [0.1, 0.15) is 31.5 Å². The fourth-order valence-corrected chi connectivity index (χ4v) is 5.86. The molecule has 10 nitrogen and oxygen atoms in total. The number of rotatable bonds is 4. The molecule has 3 aliphatic heterocycles. The molecule has 4 aromatic heterocycles. The lowest BCUT2D eigenvalue weighted by Gasteiger charge is -2.27. The third-order valence-electron chi connectivity index (χ3n) is 7.83. The molecule has 4 aromatic rings. The van der Waals surface area contributed by atoms with E-state index in [4.69, 9.17) is 14.8 Å². The Hall–Kier alpha value is -3.66. The summed E-state index contributed by atoms with van der Waals surface area (Å²) in [5, 5.41) is 13.5. The van der Waals surface area contributed by atoms with Gasteiger partial charge in [0, 0.05) is 72.4 Å². The number of H-pyrrole nitrogens is 1. The van der Waals surface area contributed by atoms with Gasteiger partial charge in [-0.05, 0) is 38.0 Å². The summed E-state index contributed by atoms with van der Waals surface area (Å²) in [6.07, 6.45) is 7.74. The second kappa shape index (κ2) is 7.67. The topological polar surface area (TPSA) is 106 Å². The highest BCUT2D eigenvalue weighted by molar-refractivity contribution is 5.94. The van der Waals surface area contributed by atoms with Crippen molar-refractivity contribution < 1.29 is 9.53 Å². The minimum Gasteiger partial charge on any atom is -0.377 e. The molecule has 1 spiro atoms. The summed E-state index contributed by atoms with van der Waals surface area (Å²) < 4.78 is 9.56. The maximum atomic E-state index is 12.4. The Labute approximate surface area is 202 Å². The summed E-state index contributed by atoms with van der Waals surface area (Å²) in [6, 6.07) is 6.73.